The van der Waals surface area contributed by atoms with Gasteiger partial charge in [-0.3, -0.25) is 14.3 Å². The van der Waals surface area contributed by atoms with Crippen molar-refractivity contribution in [3.05, 3.63) is 70.7 Å². The van der Waals surface area contributed by atoms with Gasteiger partial charge in [0.1, 0.15) is 6.04 Å². The highest BCUT2D eigenvalue weighted by atomic mass is 35.5. The van der Waals surface area contributed by atoms with E-state index < -0.39 is 27.9 Å². The summed E-state index contributed by atoms with van der Waals surface area (Å²) in [7, 11) is -2.11. The molecule has 34 heavy (non-hydrogen) atoms. The molecule has 3 aromatic rings. The first-order chi connectivity index (χ1) is 16.2. The summed E-state index contributed by atoms with van der Waals surface area (Å²) in [6, 6.07) is 11.4. The Bertz CT molecular complexity index is 1340. The van der Waals surface area contributed by atoms with Gasteiger partial charge in [-0.15, -0.1) is 11.3 Å². The van der Waals surface area contributed by atoms with Crippen LogP contribution < -0.4 is 15.2 Å². The minimum Gasteiger partial charge on any atom is -0.310 e. The zero-order chi connectivity index (χ0) is 24.5. The van der Waals surface area contributed by atoms with Gasteiger partial charge in [0.2, 0.25) is 0 Å². The van der Waals surface area contributed by atoms with Crippen molar-refractivity contribution in [1.29, 1.82) is 0 Å². The second-order valence-electron chi connectivity index (χ2n) is 7.26. The Labute approximate surface area is 204 Å². The molecular weight excluding hydrogens is 500 g/mol. The molecule has 1 unspecified atom stereocenters. The SMILES string of the molecule is CC1=NN(C(=O)c2ccc(Cl)cc2)C(=O)C1NN(C)c1ccc(S(=O)(=O)Nc2nccs2)cc1. The molecule has 10 nitrogen and oxygen atoms in total. The molecule has 0 aliphatic carbocycles. The molecule has 2 amide bonds. The number of carbonyl (C=O) groups excluding carboxylic acids is 2. The van der Waals surface area contributed by atoms with E-state index >= 15 is 0 Å². The van der Waals surface area contributed by atoms with E-state index in [1.807, 2.05) is 0 Å². The van der Waals surface area contributed by atoms with E-state index in [1.165, 1.54) is 41.8 Å². The lowest BCUT2D eigenvalue weighted by atomic mass is 10.2. The van der Waals surface area contributed by atoms with E-state index in [9.17, 15) is 18.0 Å². The standard InChI is InChI=1S/C21H19ClN6O4S2/c1-13-18(20(30)28(24-13)19(29)14-3-5-15(22)6-4-14)25-27(2)16-7-9-17(10-8-16)34(31,32)26-21-23-11-12-33-21/h3-12,18,25H,1-2H3,(H,23,26). The molecule has 0 fully saturated rings. The third-order valence-corrected chi connectivity index (χ3v) is 7.35. The normalized spacial score (nSPS) is 15.9. The Hall–Kier alpha value is -3.32. The van der Waals surface area contributed by atoms with Crippen molar-refractivity contribution in [3.8, 4) is 0 Å². The number of aromatic nitrogens is 1. The molecule has 0 radical (unpaired) electrons. The fourth-order valence-electron chi connectivity index (χ4n) is 3.14. The van der Waals surface area contributed by atoms with Gasteiger partial charge < -0.3 is 5.01 Å². The molecular formula is C21H19ClN6O4S2. The van der Waals surface area contributed by atoms with E-state index in [0.29, 0.717) is 16.4 Å². The van der Waals surface area contributed by atoms with Crippen molar-refractivity contribution >= 4 is 61.3 Å². The fourth-order valence-corrected chi connectivity index (χ4v) is 5.05. The van der Waals surface area contributed by atoms with E-state index in [0.717, 1.165) is 5.01 Å². The number of nitrogens with one attached hydrogen (secondary N) is 2. The van der Waals surface area contributed by atoms with Crippen LogP contribution in [0.5, 0.6) is 0 Å². The highest BCUT2D eigenvalue weighted by molar-refractivity contribution is 7.93. The molecule has 2 heterocycles. The number of imide groups is 1. The number of hydrogen-bond acceptors (Lipinski definition) is 9. The number of hydrazone groups is 1. The van der Waals surface area contributed by atoms with Crippen LogP contribution >= 0.6 is 22.9 Å². The van der Waals surface area contributed by atoms with Gasteiger partial charge in [-0.05, 0) is 55.5 Å². The number of nitrogens with zero attached hydrogens (tertiary/aromatic N) is 4. The van der Waals surface area contributed by atoms with Gasteiger partial charge in [-0.2, -0.15) is 10.1 Å². The molecule has 2 aromatic carbocycles. The quantitative estimate of drug-likeness (QED) is 0.364. The summed E-state index contributed by atoms with van der Waals surface area (Å²) < 4.78 is 27.4. The van der Waals surface area contributed by atoms with Crippen molar-refractivity contribution < 1.29 is 18.0 Å². The van der Waals surface area contributed by atoms with Crippen molar-refractivity contribution in [2.75, 3.05) is 16.8 Å². The molecule has 0 spiro atoms. The molecule has 1 aromatic heterocycles. The predicted octanol–water partition coefficient (Wildman–Crippen LogP) is 2.97. The highest BCUT2D eigenvalue weighted by Gasteiger charge is 2.38. The first-order valence-corrected chi connectivity index (χ1v) is 12.6. The molecule has 2 N–H and O–H groups in total. The summed E-state index contributed by atoms with van der Waals surface area (Å²) in [6.07, 6.45) is 1.51. The summed E-state index contributed by atoms with van der Waals surface area (Å²) in [6.45, 7) is 1.64. The first kappa shape index (κ1) is 23.8. The van der Waals surface area contributed by atoms with Crippen LogP contribution in [0.1, 0.15) is 17.3 Å². The van der Waals surface area contributed by atoms with Crippen LogP contribution in [0.3, 0.4) is 0 Å². The lowest BCUT2D eigenvalue weighted by Gasteiger charge is -2.24. The van der Waals surface area contributed by atoms with Gasteiger partial charge in [0.25, 0.3) is 21.8 Å². The van der Waals surface area contributed by atoms with Gasteiger partial charge >= 0.3 is 0 Å². The first-order valence-electron chi connectivity index (χ1n) is 9.87. The minimum atomic E-state index is -3.78. The molecule has 13 heteroatoms. The average Bonchev–Trinajstić information content (AvgIpc) is 3.42. The number of amides is 2. The topological polar surface area (TPSA) is 124 Å². The maximum absolute atomic E-state index is 12.9. The molecule has 0 saturated carbocycles. The van der Waals surface area contributed by atoms with Crippen LogP contribution in [0.25, 0.3) is 0 Å². The van der Waals surface area contributed by atoms with Gasteiger partial charge in [0.15, 0.2) is 5.13 Å². The largest absolute Gasteiger partial charge is 0.310 e. The number of anilines is 2. The molecule has 1 aliphatic heterocycles. The van der Waals surface area contributed by atoms with Crippen LogP contribution in [0, 0.1) is 0 Å². The molecule has 0 bridgehead atoms. The Morgan fingerprint density at radius 1 is 1.15 bits per heavy atom. The van der Waals surface area contributed by atoms with Gasteiger partial charge in [-0.25, -0.2) is 18.8 Å². The second-order valence-corrected chi connectivity index (χ2v) is 10.3. The Balaban J connectivity index is 1.43. The predicted molar refractivity (Wildman–Crippen MR) is 130 cm³/mol. The van der Waals surface area contributed by atoms with Crippen molar-refractivity contribution in [2.45, 2.75) is 17.9 Å². The molecule has 1 atom stereocenters. The van der Waals surface area contributed by atoms with Gasteiger partial charge in [0, 0.05) is 29.2 Å². The molecule has 176 valence electrons. The average molecular weight is 519 g/mol. The van der Waals surface area contributed by atoms with Crippen LogP contribution in [-0.2, 0) is 14.8 Å². The number of rotatable bonds is 7. The van der Waals surface area contributed by atoms with Crippen molar-refractivity contribution in [2.24, 2.45) is 5.10 Å². The smallest absolute Gasteiger partial charge is 0.281 e. The van der Waals surface area contributed by atoms with E-state index in [1.54, 1.807) is 48.6 Å². The summed E-state index contributed by atoms with van der Waals surface area (Å²) in [5, 5.41) is 8.91. The maximum Gasteiger partial charge on any atom is 0.281 e. The molecule has 0 saturated heterocycles. The lowest BCUT2D eigenvalue weighted by Crippen LogP contribution is -2.51. The van der Waals surface area contributed by atoms with Crippen LogP contribution in [-0.4, -0.2) is 49.0 Å². The number of thiazole rings is 1. The number of hydrogen-bond donors (Lipinski definition) is 2. The third-order valence-electron chi connectivity index (χ3n) is 4.93. The summed E-state index contributed by atoms with van der Waals surface area (Å²) >= 11 is 7.03. The number of sulfonamides is 1. The second kappa shape index (κ2) is 9.50. The van der Waals surface area contributed by atoms with Crippen LogP contribution in [0.15, 0.2) is 70.1 Å². The number of carbonyl (C=O) groups is 2. The van der Waals surface area contributed by atoms with E-state index in [-0.39, 0.29) is 15.6 Å². The monoisotopic (exact) mass is 518 g/mol. The van der Waals surface area contributed by atoms with E-state index in [2.05, 4.69) is 20.2 Å². The minimum absolute atomic E-state index is 0.0641. The summed E-state index contributed by atoms with van der Waals surface area (Å²) in [5.74, 6) is -1.09. The Morgan fingerprint density at radius 2 is 1.82 bits per heavy atom. The van der Waals surface area contributed by atoms with E-state index in [4.69, 9.17) is 11.6 Å². The maximum atomic E-state index is 12.9. The summed E-state index contributed by atoms with van der Waals surface area (Å²) in [4.78, 5) is 29.6. The third kappa shape index (κ3) is 4.94. The Kier molecular flexibility index (Phi) is 6.66. The number of benzene rings is 2. The number of hydrazine groups is 1. The number of halogens is 1. The van der Waals surface area contributed by atoms with Crippen LogP contribution in [0.4, 0.5) is 10.8 Å². The lowest BCUT2D eigenvalue weighted by molar-refractivity contribution is -0.127. The Morgan fingerprint density at radius 3 is 2.44 bits per heavy atom. The molecule has 4 rings (SSSR count). The molecule has 1 aliphatic rings. The van der Waals surface area contributed by atoms with Gasteiger partial charge in [-0.1, -0.05) is 11.6 Å². The van der Waals surface area contributed by atoms with Crippen LogP contribution in [0.2, 0.25) is 5.02 Å². The van der Waals surface area contributed by atoms with Gasteiger partial charge in [0.05, 0.1) is 16.3 Å². The zero-order valence-electron chi connectivity index (χ0n) is 18.0. The van der Waals surface area contributed by atoms with Crippen molar-refractivity contribution in [1.82, 2.24) is 15.4 Å². The van der Waals surface area contributed by atoms with Crippen molar-refractivity contribution in [3.63, 3.8) is 0 Å². The zero-order valence-corrected chi connectivity index (χ0v) is 20.4. The summed E-state index contributed by atoms with van der Waals surface area (Å²) in [5.41, 5.74) is 4.29. The fraction of sp³-hybridized carbons (Fsp3) is 0.143. The highest BCUT2D eigenvalue weighted by Crippen LogP contribution is 2.22.